The molecule has 84 valence electrons. The molecule has 1 saturated heterocycles. The van der Waals surface area contributed by atoms with Crippen molar-refractivity contribution in [3.63, 3.8) is 0 Å². The average Bonchev–Trinajstić information content (AvgIpc) is 2.51. The summed E-state index contributed by atoms with van der Waals surface area (Å²) in [6.07, 6.45) is 0. The van der Waals surface area contributed by atoms with Crippen LogP contribution in [0.4, 0.5) is 0 Å². The Morgan fingerprint density at radius 1 is 1.36 bits per heavy atom. The van der Waals surface area contributed by atoms with Crippen molar-refractivity contribution in [3.8, 4) is 0 Å². The third-order valence-corrected chi connectivity index (χ3v) is 5.69. The Morgan fingerprint density at radius 3 is 2.36 bits per heavy atom. The highest BCUT2D eigenvalue weighted by Gasteiger charge is 2.38. The maximum atomic E-state index is 3.65. The molecule has 0 aromatic rings. The zero-order valence-corrected chi connectivity index (χ0v) is 11.7. The molecule has 1 unspecified atom stereocenters. The molecule has 1 aliphatic rings. The van der Waals surface area contributed by atoms with E-state index in [1.807, 2.05) is 0 Å². The van der Waals surface area contributed by atoms with Crippen molar-refractivity contribution in [2.24, 2.45) is 5.92 Å². The van der Waals surface area contributed by atoms with Gasteiger partial charge in [0.05, 0.1) is 8.80 Å². The van der Waals surface area contributed by atoms with Crippen LogP contribution >= 0.6 is 0 Å². The maximum absolute atomic E-state index is 3.65. The Bertz CT molecular complexity index is 190. The lowest BCUT2D eigenvalue weighted by molar-refractivity contribution is 0.0858. The second kappa shape index (κ2) is 4.33. The smallest absolute Gasteiger partial charge is 0.0689 e. The Labute approximate surface area is 90.7 Å². The fourth-order valence-electron chi connectivity index (χ4n) is 2.16. The number of hydrogen-bond acceptors (Lipinski definition) is 2. The van der Waals surface area contributed by atoms with Gasteiger partial charge in [-0.25, -0.2) is 0 Å². The van der Waals surface area contributed by atoms with E-state index in [0.717, 1.165) is 5.92 Å². The van der Waals surface area contributed by atoms with Gasteiger partial charge >= 0.3 is 0 Å². The Morgan fingerprint density at radius 2 is 1.93 bits per heavy atom. The van der Waals surface area contributed by atoms with E-state index in [2.05, 4.69) is 51.0 Å². The molecule has 0 saturated carbocycles. The molecule has 0 aromatic heterocycles. The van der Waals surface area contributed by atoms with E-state index in [0.29, 0.717) is 11.3 Å². The van der Waals surface area contributed by atoms with Crippen molar-refractivity contribution < 1.29 is 0 Å². The Hall–Kier alpha value is 0.137. The van der Waals surface area contributed by atoms with Crippen LogP contribution in [0.15, 0.2) is 0 Å². The van der Waals surface area contributed by atoms with Gasteiger partial charge in [-0.1, -0.05) is 26.9 Å². The van der Waals surface area contributed by atoms with Crippen LogP contribution in [0.25, 0.3) is 0 Å². The summed E-state index contributed by atoms with van der Waals surface area (Å²) in [6, 6.07) is 0. The molecule has 1 heterocycles. The van der Waals surface area contributed by atoms with Crippen LogP contribution in [0.3, 0.4) is 0 Å². The lowest BCUT2D eigenvalue weighted by Crippen LogP contribution is -2.56. The first-order valence-corrected chi connectivity index (χ1v) is 8.85. The van der Waals surface area contributed by atoms with Gasteiger partial charge in [0.2, 0.25) is 0 Å². The van der Waals surface area contributed by atoms with Gasteiger partial charge < -0.3 is 5.32 Å². The molecule has 0 aromatic carbocycles. The first-order valence-electron chi connectivity index (χ1n) is 5.87. The van der Waals surface area contributed by atoms with Gasteiger partial charge in [0, 0.05) is 24.4 Å². The van der Waals surface area contributed by atoms with Crippen LogP contribution in [0.2, 0.25) is 13.1 Å². The first kappa shape index (κ1) is 12.2. The zero-order chi connectivity index (χ0) is 10.9. The third-order valence-electron chi connectivity index (χ3n) is 3.83. The SMILES string of the molecule is CC(C)C(C)(C)N1CCNC1[SiH](C)C. The van der Waals surface area contributed by atoms with Crippen LogP contribution in [-0.2, 0) is 0 Å². The van der Waals surface area contributed by atoms with Crippen molar-refractivity contribution in [2.45, 2.75) is 52.1 Å². The van der Waals surface area contributed by atoms with Gasteiger partial charge in [0.1, 0.15) is 0 Å². The Balaban J connectivity index is 2.76. The molecule has 1 N–H and O–H groups in total. The van der Waals surface area contributed by atoms with Crippen molar-refractivity contribution in [3.05, 3.63) is 0 Å². The molecule has 1 fully saturated rings. The summed E-state index contributed by atoms with van der Waals surface area (Å²) in [4.78, 5) is 2.69. The predicted molar refractivity (Wildman–Crippen MR) is 66.3 cm³/mol. The highest BCUT2D eigenvalue weighted by Crippen LogP contribution is 2.27. The molecule has 0 radical (unpaired) electrons. The van der Waals surface area contributed by atoms with E-state index in [9.17, 15) is 0 Å². The molecule has 1 atom stereocenters. The normalized spacial score (nSPS) is 25.3. The molecular weight excluding hydrogens is 188 g/mol. The summed E-state index contributed by atoms with van der Waals surface area (Å²) in [7, 11) is -0.607. The molecule has 1 rings (SSSR count). The summed E-state index contributed by atoms with van der Waals surface area (Å²) in [5.74, 6) is 1.42. The second-order valence-electron chi connectivity index (χ2n) is 5.64. The van der Waals surface area contributed by atoms with Gasteiger partial charge in [0.25, 0.3) is 0 Å². The largest absolute Gasteiger partial charge is 0.304 e. The molecule has 0 aliphatic carbocycles. The summed E-state index contributed by atoms with van der Waals surface area (Å²) in [6.45, 7) is 16.7. The second-order valence-corrected chi connectivity index (χ2v) is 8.76. The van der Waals surface area contributed by atoms with Crippen LogP contribution in [0, 0.1) is 5.92 Å². The van der Waals surface area contributed by atoms with E-state index in [1.54, 1.807) is 0 Å². The highest BCUT2D eigenvalue weighted by molar-refractivity contribution is 6.57. The fourth-order valence-corrected chi connectivity index (χ4v) is 4.05. The molecule has 3 heteroatoms. The van der Waals surface area contributed by atoms with Crippen molar-refractivity contribution in [2.75, 3.05) is 13.1 Å². The van der Waals surface area contributed by atoms with E-state index >= 15 is 0 Å². The summed E-state index contributed by atoms with van der Waals surface area (Å²) >= 11 is 0. The minimum atomic E-state index is -0.607. The minimum absolute atomic E-state index is 0.339. The van der Waals surface area contributed by atoms with Crippen LogP contribution in [0.5, 0.6) is 0 Å². The number of rotatable bonds is 3. The lowest BCUT2D eigenvalue weighted by Gasteiger charge is -2.43. The number of nitrogens with zero attached hydrogens (tertiary/aromatic N) is 1. The van der Waals surface area contributed by atoms with Crippen LogP contribution < -0.4 is 5.32 Å². The van der Waals surface area contributed by atoms with Crippen LogP contribution in [-0.4, -0.2) is 38.1 Å². The summed E-state index contributed by atoms with van der Waals surface area (Å²) in [5.41, 5.74) is 0.339. The standard InChI is InChI=1S/C11H26N2Si/c1-9(2)11(3,4)13-8-7-12-10(13)14(5)6/h9-10,12,14H,7-8H2,1-6H3. The molecule has 0 bridgehead atoms. The summed E-state index contributed by atoms with van der Waals surface area (Å²) < 4.78 is 0. The van der Waals surface area contributed by atoms with Gasteiger partial charge in [0.15, 0.2) is 0 Å². The first-order chi connectivity index (χ1) is 6.37. The molecule has 14 heavy (non-hydrogen) atoms. The van der Waals surface area contributed by atoms with Crippen molar-refractivity contribution in [1.29, 1.82) is 0 Å². The Kier molecular flexibility index (Phi) is 3.78. The van der Waals surface area contributed by atoms with E-state index < -0.39 is 8.80 Å². The van der Waals surface area contributed by atoms with E-state index in [4.69, 9.17) is 0 Å². The van der Waals surface area contributed by atoms with E-state index in [-0.39, 0.29) is 0 Å². The zero-order valence-electron chi connectivity index (χ0n) is 10.6. The molecule has 0 spiro atoms. The molecular formula is C11H26N2Si. The highest BCUT2D eigenvalue weighted by atomic mass is 28.3. The number of hydrogen-bond donors (Lipinski definition) is 1. The molecule has 2 nitrogen and oxygen atoms in total. The average molecular weight is 214 g/mol. The van der Waals surface area contributed by atoms with Gasteiger partial charge in [-0.2, -0.15) is 0 Å². The fraction of sp³-hybridized carbons (Fsp3) is 1.00. The van der Waals surface area contributed by atoms with Crippen molar-refractivity contribution in [1.82, 2.24) is 10.2 Å². The minimum Gasteiger partial charge on any atom is -0.304 e. The monoisotopic (exact) mass is 214 g/mol. The third kappa shape index (κ3) is 2.20. The molecule has 0 amide bonds. The van der Waals surface area contributed by atoms with Gasteiger partial charge in [-0.3, -0.25) is 4.90 Å². The predicted octanol–water partition coefficient (Wildman–Crippen LogP) is 1.68. The quantitative estimate of drug-likeness (QED) is 0.719. The lowest BCUT2D eigenvalue weighted by atomic mass is 9.89. The maximum Gasteiger partial charge on any atom is 0.0689 e. The van der Waals surface area contributed by atoms with Crippen molar-refractivity contribution >= 4 is 8.80 Å². The van der Waals surface area contributed by atoms with Gasteiger partial charge in [-0.05, 0) is 19.8 Å². The topological polar surface area (TPSA) is 15.3 Å². The summed E-state index contributed by atoms with van der Waals surface area (Å²) in [5, 5.41) is 3.65. The van der Waals surface area contributed by atoms with Gasteiger partial charge in [-0.15, -0.1) is 0 Å². The van der Waals surface area contributed by atoms with E-state index in [1.165, 1.54) is 13.1 Å². The van der Waals surface area contributed by atoms with Crippen LogP contribution in [0.1, 0.15) is 27.7 Å². The number of nitrogens with one attached hydrogen (secondary N) is 1. The molecule has 1 aliphatic heterocycles.